The first-order valence-corrected chi connectivity index (χ1v) is 7.29. The SMILES string of the molecule is O=C(CNc1ccc(Cl)cc1)N/N=C\c1ccc2c(c1)OCO2. The quantitative estimate of drug-likeness (QED) is 0.652. The minimum absolute atomic E-state index is 0.111. The van der Waals surface area contributed by atoms with E-state index in [1.807, 2.05) is 6.07 Å². The van der Waals surface area contributed by atoms with Gasteiger partial charge >= 0.3 is 0 Å². The van der Waals surface area contributed by atoms with Crippen molar-refractivity contribution >= 4 is 29.4 Å². The van der Waals surface area contributed by atoms with Crippen LogP contribution in [0.15, 0.2) is 47.6 Å². The number of benzene rings is 2. The van der Waals surface area contributed by atoms with E-state index >= 15 is 0 Å². The van der Waals surface area contributed by atoms with E-state index in [2.05, 4.69) is 15.8 Å². The number of hydrazone groups is 1. The first kappa shape index (κ1) is 15.2. The molecule has 0 unspecified atom stereocenters. The van der Waals surface area contributed by atoms with E-state index in [1.165, 1.54) is 0 Å². The van der Waals surface area contributed by atoms with Crippen molar-refractivity contribution in [3.05, 3.63) is 53.1 Å². The van der Waals surface area contributed by atoms with Gasteiger partial charge in [-0.1, -0.05) is 11.6 Å². The molecule has 2 N–H and O–H groups in total. The molecule has 0 saturated carbocycles. The lowest BCUT2D eigenvalue weighted by molar-refractivity contribution is -0.119. The van der Waals surface area contributed by atoms with Crippen LogP contribution in [0, 0.1) is 0 Å². The van der Waals surface area contributed by atoms with Crippen LogP contribution in [-0.4, -0.2) is 25.5 Å². The van der Waals surface area contributed by atoms with Gasteiger partial charge in [-0.25, -0.2) is 5.43 Å². The minimum atomic E-state index is -0.253. The molecule has 0 aromatic heterocycles. The molecule has 0 fully saturated rings. The maximum Gasteiger partial charge on any atom is 0.259 e. The largest absolute Gasteiger partial charge is 0.454 e. The Labute approximate surface area is 138 Å². The molecule has 0 spiro atoms. The summed E-state index contributed by atoms with van der Waals surface area (Å²) in [6.07, 6.45) is 1.54. The van der Waals surface area contributed by atoms with Gasteiger partial charge in [0.15, 0.2) is 11.5 Å². The van der Waals surface area contributed by atoms with Crippen molar-refractivity contribution in [2.45, 2.75) is 0 Å². The van der Waals surface area contributed by atoms with Gasteiger partial charge in [-0.3, -0.25) is 4.79 Å². The summed E-state index contributed by atoms with van der Waals surface area (Å²) >= 11 is 5.79. The van der Waals surface area contributed by atoms with Crippen LogP contribution in [0.25, 0.3) is 0 Å². The van der Waals surface area contributed by atoms with E-state index in [4.69, 9.17) is 21.1 Å². The van der Waals surface area contributed by atoms with Gasteiger partial charge in [-0.2, -0.15) is 5.10 Å². The number of amides is 1. The van der Waals surface area contributed by atoms with Crippen LogP contribution in [0.1, 0.15) is 5.56 Å². The van der Waals surface area contributed by atoms with E-state index in [9.17, 15) is 4.79 Å². The van der Waals surface area contributed by atoms with Crippen molar-refractivity contribution in [1.29, 1.82) is 0 Å². The van der Waals surface area contributed by atoms with Gasteiger partial charge in [0.05, 0.1) is 12.8 Å². The number of nitrogens with one attached hydrogen (secondary N) is 2. The molecule has 0 saturated heterocycles. The summed E-state index contributed by atoms with van der Waals surface area (Å²) in [5.74, 6) is 1.12. The van der Waals surface area contributed by atoms with Gasteiger partial charge < -0.3 is 14.8 Å². The van der Waals surface area contributed by atoms with Crippen molar-refractivity contribution in [2.24, 2.45) is 5.10 Å². The predicted octanol–water partition coefficient (Wildman–Crippen LogP) is 2.63. The molecule has 0 atom stereocenters. The average Bonchev–Trinajstić information content (AvgIpc) is 3.02. The Morgan fingerprint density at radius 1 is 1.17 bits per heavy atom. The molecule has 1 aliphatic rings. The van der Waals surface area contributed by atoms with E-state index in [0.29, 0.717) is 16.5 Å². The molecule has 2 aromatic rings. The Kier molecular flexibility index (Phi) is 4.63. The van der Waals surface area contributed by atoms with Gasteiger partial charge in [0, 0.05) is 10.7 Å². The predicted molar refractivity (Wildman–Crippen MR) is 88.2 cm³/mol. The third kappa shape index (κ3) is 4.14. The van der Waals surface area contributed by atoms with Gasteiger partial charge in [0.1, 0.15) is 0 Å². The summed E-state index contributed by atoms with van der Waals surface area (Å²) in [6.45, 7) is 0.336. The molecule has 1 heterocycles. The third-order valence-electron chi connectivity index (χ3n) is 3.10. The second-order valence-corrected chi connectivity index (χ2v) is 5.20. The summed E-state index contributed by atoms with van der Waals surface area (Å²) in [4.78, 5) is 11.7. The lowest BCUT2D eigenvalue weighted by Crippen LogP contribution is -2.25. The highest BCUT2D eigenvalue weighted by Crippen LogP contribution is 2.31. The van der Waals surface area contributed by atoms with Gasteiger partial charge in [0.2, 0.25) is 6.79 Å². The van der Waals surface area contributed by atoms with Gasteiger partial charge in [-0.15, -0.1) is 0 Å². The number of rotatable bonds is 5. The number of anilines is 1. The number of hydrogen-bond donors (Lipinski definition) is 2. The zero-order valence-corrected chi connectivity index (χ0v) is 12.8. The third-order valence-corrected chi connectivity index (χ3v) is 3.35. The number of ether oxygens (including phenoxy) is 2. The molecule has 23 heavy (non-hydrogen) atoms. The molecule has 2 aromatic carbocycles. The molecule has 1 aliphatic heterocycles. The molecular formula is C16H14ClN3O3. The molecule has 0 bridgehead atoms. The molecule has 1 amide bonds. The molecule has 3 rings (SSSR count). The van der Waals surface area contributed by atoms with E-state index in [0.717, 1.165) is 11.3 Å². The topological polar surface area (TPSA) is 72.0 Å². The van der Waals surface area contributed by atoms with Crippen LogP contribution < -0.4 is 20.2 Å². The van der Waals surface area contributed by atoms with E-state index in [1.54, 1.807) is 42.6 Å². The minimum Gasteiger partial charge on any atom is -0.454 e. The van der Waals surface area contributed by atoms with Crippen molar-refractivity contribution in [2.75, 3.05) is 18.7 Å². The summed E-state index contributed by atoms with van der Waals surface area (Å²) in [5.41, 5.74) is 4.07. The lowest BCUT2D eigenvalue weighted by atomic mass is 10.2. The zero-order valence-electron chi connectivity index (χ0n) is 12.1. The number of hydrogen-bond acceptors (Lipinski definition) is 5. The van der Waals surface area contributed by atoms with Crippen molar-refractivity contribution < 1.29 is 14.3 Å². The molecule has 7 heteroatoms. The monoisotopic (exact) mass is 331 g/mol. The summed E-state index contributed by atoms with van der Waals surface area (Å²) in [5, 5.41) is 7.53. The number of fused-ring (bicyclic) bond motifs is 1. The van der Waals surface area contributed by atoms with Gasteiger partial charge in [-0.05, 0) is 48.0 Å². The highest BCUT2D eigenvalue weighted by Gasteiger charge is 2.12. The first-order chi connectivity index (χ1) is 11.2. The van der Waals surface area contributed by atoms with Gasteiger partial charge in [0.25, 0.3) is 5.91 Å². The Balaban J connectivity index is 1.47. The normalized spacial score (nSPS) is 12.4. The second kappa shape index (κ2) is 7.02. The maximum atomic E-state index is 11.7. The number of halogens is 1. The van der Waals surface area contributed by atoms with Crippen LogP contribution in [0.5, 0.6) is 11.5 Å². The summed E-state index contributed by atoms with van der Waals surface area (Å²) in [6, 6.07) is 12.5. The fourth-order valence-corrected chi connectivity index (χ4v) is 2.09. The highest BCUT2D eigenvalue weighted by atomic mass is 35.5. The van der Waals surface area contributed by atoms with Crippen LogP contribution in [-0.2, 0) is 4.79 Å². The lowest BCUT2D eigenvalue weighted by Gasteiger charge is -2.05. The average molecular weight is 332 g/mol. The van der Waals surface area contributed by atoms with E-state index in [-0.39, 0.29) is 19.2 Å². The second-order valence-electron chi connectivity index (χ2n) is 4.77. The fraction of sp³-hybridized carbons (Fsp3) is 0.125. The molecule has 0 radical (unpaired) electrons. The standard InChI is InChI=1S/C16H14ClN3O3/c17-12-2-4-13(5-3-12)18-9-16(21)20-19-8-11-1-6-14-15(7-11)23-10-22-14/h1-8,18H,9-10H2,(H,20,21)/b19-8-. The van der Waals surface area contributed by atoms with Crippen LogP contribution >= 0.6 is 11.6 Å². The summed E-state index contributed by atoms with van der Waals surface area (Å²) in [7, 11) is 0. The molecule has 118 valence electrons. The van der Waals surface area contributed by atoms with Crippen LogP contribution in [0.3, 0.4) is 0 Å². The van der Waals surface area contributed by atoms with Crippen LogP contribution in [0.2, 0.25) is 5.02 Å². The fourth-order valence-electron chi connectivity index (χ4n) is 1.96. The summed E-state index contributed by atoms with van der Waals surface area (Å²) < 4.78 is 10.5. The van der Waals surface area contributed by atoms with Crippen molar-refractivity contribution in [1.82, 2.24) is 5.43 Å². The molecular weight excluding hydrogens is 318 g/mol. The Hall–Kier alpha value is -2.73. The zero-order chi connectivity index (χ0) is 16.1. The number of carbonyl (C=O) groups is 1. The Bertz CT molecular complexity index is 732. The van der Waals surface area contributed by atoms with Crippen LogP contribution in [0.4, 0.5) is 5.69 Å². The first-order valence-electron chi connectivity index (χ1n) is 6.92. The highest BCUT2D eigenvalue weighted by molar-refractivity contribution is 6.30. The Morgan fingerprint density at radius 2 is 1.96 bits per heavy atom. The van der Waals surface area contributed by atoms with Crippen molar-refractivity contribution in [3.8, 4) is 11.5 Å². The smallest absolute Gasteiger partial charge is 0.259 e. The number of nitrogens with zero attached hydrogens (tertiary/aromatic N) is 1. The number of carbonyl (C=O) groups excluding carboxylic acids is 1. The molecule has 0 aliphatic carbocycles. The van der Waals surface area contributed by atoms with Crippen molar-refractivity contribution in [3.63, 3.8) is 0 Å². The molecule has 6 nitrogen and oxygen atoms in total. The Morgan fingerprint density at radius 3 is 2.78 bits per heavy atom. The van der Waals surface area contributed by atoms with E-state index < -0.39 is 0 Å². The maximum absolute atomic E-state index is 11.7.